The summed E-state index contributed by atoms with van der Waals surface area (Å²) in [6.45, 7) is 0.960. The molecule has 158 valence electrons. The Morgan fingerprint density at radius 3 is 2.63 bits per heavy atom. The number of anilines is 1. The number of halogens is 2. The molecule has 0 N–H and O–H groups in total. The van der Waals surface area contributed by atoms with E-state index < -0.39 is 10.7 Å². The molecular formula is C20H20ClFN4O3S. The number of thiazole rings is 1. The summed E-state index contributed by atoms with van der Waals surface area (Å²) in [6.07, 6.45) is 2.86. The Labute approximate surface area is 183 Å². The van der Waals surface area contributed by atoms with Crippen molar-refractivity contribution in [3.63, 3.8) is 0 Å². The van der Waals surface area contributed by atoms with E-state index in [2.05, 4.69) is 4.98 Å². The fourth-order valence-electron chi connectivity index (χ4n) is 2.62. The molecule has 0 unspecified atom stereocenters. The summed E-state index contributed by atoms with van der Waals surface area (Å²) < 4.78 is 14.7. The summed E-state index contributed by atoms with van der Waals surface area (Å²) >= 11 is 1.24. The number of carbonyl (C=O) groups excluding carboxylic acids is 1. The second-order valence-corrected chi connectivity index (χ2v) is 7.57. The van der Waals surface area contributed by atoms with Crippen molar-refractivity contribution in [2.24, 2.45) is 0 Å². The van der Waals surface area contributed by atoms with Crippen molar-refractivity contribution >= 4 is 56.8 Å². The number of amides is 1. The maximum absolute atomic E-state index is 14.0. The number of nitro groups is 1. The van der Waals surface area contributed by atoms with Gasteiger partial charge in [-0.3, -0.25) is 19.8 Å². The molecule has 1 heterocycles. The molecule has 10 heteroatoms. The number of fused-ring (bicyclic) bond motifs is 1. The maximum atomic E-state index is 14.0. The van der Waals surface area contributed by atoms with Crippen molar-refractivity contribution < 1.29 is 14.1 Å². The molecule has 0 fully saturated rings. The second kappa shape index (κ2) is 10.2. The molecule has 2 aromatic carbocycles. The number of nitrogens with zero attached hydrogens (tertiary/aromatic N) is 4. The number of hydrogen-bond donors (Lipinski definition) is 0. The van der Waals surface area contributed by atoms with E-state index in [1.165, 1.54) is 46.6 Å². The van der Waals surface area contributed by atoms with Gasteiger partial charge < -0.3 is 4.90 Å². The van der Waals surface area contributed by atoms with Crippen molar-refractivity contribution in [3.05, 3.63) is 70.0 Å². The number of aromatic nitrogens is 1. The Morgan fingerprint density at radius 2 is 1.97 bits per heavy atom. The molecule has 3 rings (SSSR count). The zero-order valence-electron chi connectivity index (χ0n) is 16.3. The fourth-order valence-corrected chi connectivity index (χ4v) is 3.63. The Kier molecular flexibility index (Phi) is 7.99. The van der Waals surface area contributed by atoms with Crippen molar-refractivity contribution in [2.75, 3.05) is 32.1 Å². The first-order valence-electron chi connectivity index (χ1n) is 8.79. The number of nitro benzene ring substituents is 1. The molecule has 0 radical (unpaired) electrons. The molecule has 0 spiro atoms. The standard InChI is InChI=1S/C20H19FN4O3S.ClH/c1-23(2)11-12-24(20-22-19-16(21)7-4-8-17(19)29-20)18(26)10-9-14-5-3-6-15(13-14)25(27)28;/h3-10,13H,11-12H2,1-2H3;1H. The lowest BCUT2D eigenvalue weighted by molar-refractivity contribution is -0.384. The van der Waals surface area contributed by atoms with Crippen molar-refractivity contribution in [3.8, 4) is 0 Å². The van der Waals surface area contributed by atoms with Gasteiger partial charge in [0.1, 0.15) is 11.3 Å². The number of likely N-dealkylation sites (N-methyl/N-ethyl adjacent to an activating group) is 1. The predicted octanol–water partition coefficient (Wildman–Crippen LogP) is 4.37. The summed E-state index contributed by atoms with van der Waals surface area (Å²) in [6, 6.07) is 10.7. The van der Waals surface area contributed by atoms with Gasteiger partial charge in [-0.25, -0.2) is 9.37 Å². The van der Waals surface area contributed by atoms with Gasteiger partial charge in [-0.1, -0.05) is 29.5 Å². The van der Waals surface area contributed by atoms with Gasteiger partial charge in [-0.15, -0.1) is 12.4 Å². The highest BCUT2D eigenvalue weighted by Gasteiger charge is 2.19. The quantitative estimate of drug-likeness (QED) is 0.303. The number of benzene rings is 2. The fraction of sp³-hybridized carbons (Fsp3) is 0.200. The average molecular weight is 451 g/mol. The van der Waals surface area contributed by atoms with Crippen LogP contribution in [0.1, 0.15) is 5.56 Å². The van der Waals surface area contributed by atoms with Crippen molar-refractivity contribution in [1.82, 2.24) is 9.88 Å². The molecule has 7 nitrogen and oxygen atoms in total. The number of carbonyl (C=O) groups is 1. The zero-order valence-corrected chi connectivity index (χ0v) is 18.0. The third-order valence-electron chi connectivity index (χ3n) is 4.13. The number of para-hydroxylation sites is 1. The van der Waals surface area contributed by atoms with Gasteiger partial charge in [0.15, 0.2) is 5.13 Å². The van der Waals surface area contributed by atoms with Gasteiger partial charge in [0.05, 0.1) is 9.62 Å². The third-order valence-corrected chi connectivity index (χ3v) is 5.17. The van der Waals surface area contributed by atoms with Crippen LogP contribution in [0.25, 0.3) is 16.3 Å². The van der Waals surface area contributed by atoms with Gasteiger partial charge >= 0.3 is 0 Å². The molecule has 0 atom stereocenters. The van der Waals surface area contributed by atoms with E-state index in [0.29, 0.717) is 28.5 Å². The maximum Gasteiger partial charge on any atom is 0.270 e. The molecular weight excluding hydrogens is 431 g/mol. The van der Waals surface area contributed by atoms with Gasteiger partial charge in [-0.2, -0.15) is 0 Å². The number of non-ortho nitro benzene ring substituents is 1. The van der Waals surface area contributed by atoms with E-state index in [9.17, 15) is 19.3 Å². The molecule has 0 bridgehead atoms. The Hall–Kier alpha value is -2.88. The minimum absolute atomic E-state index is 0. The van der Waals surface area contributed by atoms with Crippen LogP contribution in [0.4, 0.5) is 15.2 Å². The second-order valence-electron chi connectivity index (χ2n) is 6.56. The first kappa shape index (κ1) is 23.4. The summed E-state index contributed by atoms with van der Waals surface area (Å²) in [5.41, 5.74) is 0.721. The smallest absolute Gasteiger partial charge is 0.270 e. The van der Waals surface area contributed by atoms with Crippen molar-refractivity contribution in [2.45, 2.75) is 0 Å². The van der Waals surface area contributed by atoms with Crippen LogP contribution in [0.15, 0.2) is 48.5 Å². The summed E-state index contributed by atoms with van der Waals surface area (Å²) in [5.74, 6) is -0.769. The largest absolute Gasteiger partial charge is 0.308 e. The lowest BCUT2D eigenvalue weighted by atomic mass is 10.2. The summed E-state index contributed by atoms with van der Waals surface area (Å²) in [4.78, 5) is 31.0. The minimum atomic E-state index is -0.488. The first-order valence-corrected chi connectivity index (χ1v) is 9.60. The highest BCUT2D eigenvalue weighted by atomic mass is 35.5. The highest BCUT2D eigenvalue weighted by Crippen LogP contribution is 2.30. The van der Waals surface area contributed by atoms with E-state index >= 15 is 0 Å². The van der Waals surface area contributed by atoms with Crippen molar-refractivity contribution in [1.29, 1.82) is 0 Å². The lowest BCUT2D eigenvalue weighted by Crippen LogP contribution is -2.35. The molecule has 0 saturated carbocycles. The molecule has 0 aliphatic heterocycles. The Balaban J connectivity index is 0.00000320. The number of rotatable bonds is 7. The average Bonchev–Trinajstić information content (AvgIpc) is 3.12. The van der Waals surface area contributed by atoms with Crippen LogP contribution in [0.3, 0.4) is 0 Å². The van der Waals surface area contributed by atoms with Crippen LogP contribution in [-0.2, 0) is 4.79 Å². The summed E-state index contributed by atoms with van der Waals surface area (Å²) in [5, 5.41) is 11.3. The van der Waals surface area contributed by atoms with E-state index in [4.69, 9.17) is 0 Å². The van der Waals surface area contributed by atoms with E-state index in [1.54, 1.807) is 24.3 Å². The van der Waals surface area contributed by atoms with Gasteiger partial charge in [0, 0.05) is 31.3 Å². The number of hydrogen-bond acceptors (Lipinski definition) is 6. The normalized spacial score (nSPS) is 11.1. The lowest BCUT2D eigenvalue weighted by Gasteiger charge is -2.20. The van der Waals surface area contributed by atoms with Crippen LogP contribution >= 0.6 is 23.7 Å². The third kappa shape index (κ3) is 5.59. The van der Waals surface area contributed by atoms with E-state index in [-0.39, 0.29) is 29.5 Å². The Morgan fingerprint density at radius 1 is 1.23 bits per heavy atom. The van der Waals surface area contributed by atoms with Crippen LogP contribution in [0, 0.1) is 15.9 Å². The molecule has 1 amide bonds. The molecule has 30 heavy (non-hydrogen) atoms. The van der Waals surface area contributed by atoms with Crippen LogP contribution in [0.2, 0.25) is 0 Å². The molecule has 0 aliphatic carbocycles. The van der Waals surface area contributed by atoms with Crippen LogP contribution < -0.4 is 4.90 Å². The van der Waals surface area contributed by atoms with Gasteiger partial charge in [0.2, 0.25) is 0 Å². The Bertz CT molecular complexity index is 1090. The topological polar surface area (TPSA) is 79.6 Å². The monoisotopic (exact) mass is 450 g/mol. The minimum Gasteiger partial charge on any atom is -0.308 e. The van der Waals surface area contributed by atoms with E-state index in [0.717, 1.165) is 0 Å². The SMILES string of the molecule is CN(C)CCN(C(=O)C=Cc1cccc([N+](=O)[O-])c1)c1nc2c(F)cccc2s1.Cl. The van der Waals surface area contributed by atoms with Crippen LogP contribution in [0.5, 0.6) is 0 Å². The zero-order chi connectivity index (χ0) is 21.0. The molecule has 0 saturated heterocycles. The predicted molar refractivity (Wildman–Crippen MR) is 120 cm³/mol. The molecule has 1 aromatic heterocycles. The molecule has 3 aromatic rings. The van der Waals surface area contributed by atoms with Gasteiger partial charge in [-0.05, 0) is 37.9 Å². The van der Waals surface area contributed by atoms with Gasteiger partial charge in [0.25, 0.3) is 11.6 Å². The van der Waals surface area contributed by atoms with Crippen LogP contribution in [-0.4, -0.2) is 47.9 Å². The first-order chi connectivity index (χ1) is 13.8. The van der Waals surface area contributed by atoms with E-state index in [1.807, 2.05) is 19.0 Å². The highest BCUT2D eigenvalue weighted by molar-refractivity contribution is 7.22. The molecule has 0 aliphatic rings. The summed E-state index contributed by atoms with van der Waals surface area (Å²) in [7, 11) is 3.78.